The molecule has 15 rings (SSSR count). The average Bonchev–Trinajstić information content (AvgIpc) is 4.14. The Morgan fingerprint density at radius 1 is 0.294 bits per heavy atom. The van der Waals surface area contributed by atoms with Crippen LogP contribution in [0, 0.1) is 0 Å². The van der Waals surface area contributed by atoms with Gasteiger partial charge in [0.05, 0.1) is 27.8 Å². The molecule has 0 unspecified atom stereocenters. The van der Waals surface area contributed by atoms with Crippen molar-refractivity contribution in [3.63, 3.8) is 0 Å². The number of hydrogen-bond donors (Lipinski definition) is 0. The van der Waals surface area contributed by atoms with Crippen LogP contribution in [-0.2, 0) is 0 Å². The smallest absolute Gasteiger partial charge is 0.166 e. The normalized spacial score (nSPS) is 12.1. The molecule has 0 radical (unpaired) electrons. The van der Waals surface area contributed by atoms with Crippen LogP contribution in [0.3, 0.4) is 0 Å². The first-order chi connectivity index (χ1) is 33.7. The van der Waals surface area contributed by atoms with Gasteiger partial charge in [0.2, 0.25) is 0 Å². The molecule has 0 saturated heterocycles. The Morgan fingerprint density at radius 3 is 1.56 bits per heavy atom. The highest BCUT2D eigenvalue weighted by Crippen LogP contribution is 2.43. The highest BCUT2D eigenvalue weighted by Gasteiger charge is 2.24. The molecule has 5 heterocycles. The van der Waals surface area contributed by atoms with Gasteiger partial charge in [0.1, 0.15) is 22.3 Å². The molecule has 15 aromatic rings. The highest BCUT2D eigenvalue weighted by molar-refractivity contribution is 6.15. The Kier molecular flexibility index (Phi) is 7.65. The number of rotatable bonds is 5. The van der Waals surface area contributed by atoms with Crippen LogP contribution in [0.2, 0.25) is 0 Å². The van der Waals surface area contributed by atoms with Crippen LogP contribution in [0.4, 0.5) is 0 Å². The molecule has 0 fully saturated rings. The first kappa shape index (κ1) is 36.9. The number of benzene rings is 10. The zero-order chi connectivity index (χ0) is 44.5. The lowest BCUT2D eigenvalue weighted by molar-refractivity contribution is 0.668. The molecule has 0 amide bonds. The summed E-state index contributed by atoms with van der Waals surface area (Å²) in [7, 11) is 0. The predicted molar refractivity (Wildman–Crippen MR) is 277 cm³/mol. The van der Waals surface area contributed by atoms with E-state index in [1.807, 2.05) is 36.4 Å². The molecule has 0 spiro atoms. The Bertz CT molecular complexity index is 4570. The maximum Gasteiger partial charge on any atom is 0.166 e. The van der Waals surface area contributed by atoms with Crippen LogP contribution in [0.5, 0.6) is 0 Å². The van der Waals surface area contributed by atoms with Gasteiger partial charge in [0, 0.05) is 71.5 Å². The van der Waals surface area contributed by atoms with Gasteiger partial charge in [-0.15, -0.1) is 0 Å². The van der Waals surface area contributed by atoms with Crippen molar-refractivity contribution in [1.29, 1.82) is 0 Å². The monoisotopic (exact) mass is 869 g/mol. The van der Waals surface area contributed by atoms with E-state index in [4.69, 9.17) is 23.8 Å². The number of nitrogens with zero attached hydrogens (tertiary/aromatic N) is 5. The van der Waals surface area contributed by atoms with E-state index in [1.165, 1.54) is 10.8 Å². The second-order valence-electron chi connectivity index (χ2n) is 17.6. The zero-order valence-corrected chi connectivity index (χ0v) is 36.3. The molecule has 7 heteroatoms. The topological polar surface area (TPSA) is 74.8 Å². The minimum absolute atomic E-state index is 0.541. The predicted octanol–water partition coefficient (Wildman–Crippen LogP) is 16.0. The molecule has 0 aliphatic carbocycles. The van der Waals surface area contributed by atoms with Crippen molar-refractivity contribution >= 4 is 98.3 Å². The van der Waals surface area contributed by atoms with Gasteiger partial charge in [-0.25, -0.2) is 15.0 Å². The Morgan fingerprint density at radius 2 is 0.809 bits per heavy atom. The number of para-hydroxylation sites is 5. The van der Waals surface area contributed by atoms with Gasteiger partial charge in [-0.1, -0.05) is 127 Å². The fourth-order valence-corrected chi connectivity index (χ4v) is 10.6. The quantitative estimate of drug-likeness (QED) is 0.172. The summed E-state index contributed by atoms with van der Waals surface area (Å²) in [6.45, 7) is 0. The summed E-state index contributed by atoms with van der Waals surface area (Å²) in [5.41, 5.74) is 12.1. The van der Waals surface area contributed by atoms with Crippen LogP contribution in [-0.4, -0.2) is 24.1 Å². The number of furan rings is 2. The van der Waals surface area contributed by atoms with Gasteiger partial charge < -0.3 is 18.0 Å². The van der Waals surface area contributed by atoms with Crippen molar-refractivity contribution in [3.05, 3.63) is 212 Å². The van der Waals surface area contributed by atoms with Crippen molar-refractivity contribution in [3.8, 4) is 45.5 Å². The maximum absolute atomic E-state index is 6.67. The van der Waals surface area contributed by atoms with Crippen LogP contribution in [0.1, 0.15) is 0 Å². The maximum atomic E-state index is 6.67. The standard InChI is InChI=1S/C61H35N5O2/c1-2-16-40(17-3-1)65-50-22-10-6-18-41(50)43-28-26-39(33-52(43)65)60-62-59(38-27-29-57-47(31-38)44-20-8-12-24-55(44)67-57)63-61(64-60)49-34-48-45-21-9-13-25-56(45)68-58(48)35-54(49)66-51-23-11-7-19-42(51)46-30-36-14-4-5-15-37(36)32-53(46)66/h1-35H. The molecule has 0 N–H and O–H groups in total. The summed E-state index contributed by atoms with van der Waals surface area (Å²) in [4.78, 5) is 16.4. The lowest BCUT2D eigenvalue weighted by Crippen LogP contribution is -2.04. The molecule has 7 nitrogen and oxygen atoms in total. The van der Waals surface area contributed by atoms with E-state index in [-0.39, 0.29) is 0 Å². The lowest BCUT2D eigenvalue weighted by atomic mass is 10.0. The second kappa shape index (κ2) is 14.1. The molecular formula is C61H35N5O2. The van der Waals surface area contributed by atoms with Crippen LogP contribution in [0.15, 0.2) is 221 Å². The van der Waals surface area contributed by atoms with Crippen molar-refractivity contribution in [1.82, 2.24) is 24.1 Å². The van der Waals surface area contributed by atoms with Crippen molar-refractivity contribution in [2.24, 2.45) is 0 Å². The van der Waals surface area contributed by atoms with Crippen LogP contribution in [0.25, 0.3) is 144 Å². The summed E-state index contributed by atoms with van der Waals surface area (Å²) >= 11 is 0. The van der Waals surface area contributed by atoms with E-state index in [0.717, 1.165) is 116 Å². The molecule has 5 aromatic heterocycles. The number of aromatic nitrogens is 5. The largest absolute Gasteiger partial charge is 0.456 e. The Labute approximate surface area is 387 Å². The van der Waals surface area contributed by atoms with E-state index >= 15 is 0 Å². The number of hydrogen-bond acceptors (Lipinski definition) is 5. The van der Waals surface area contributed by atoms with Crippen molar-refractivity contribution in [2.45, 2.75) is 0 Å². The SMILES string of the molecule is c1ccc(-n2c3ccccc3c3ccc(-c4nc(-c5ccc6oc7ccccc7c6c5)nc(-c5cc6c(cc5-n5c7ccccc7c7cc8ccccc8cc75)oc5ccccc56)n4)cc32)cc1. The summed E-state index contributed by atoms with van der Waals surface area (Å²) in [6, 6.07) is 74.5. The molecule has 0 aliphatic heterocycles. The van der Waals surface area contributed by atoms with E-state index in [0.29, 0.717) is 17.5 Å². The van der Waals surface area contributed by atoms with E-state index in [1.54, 1.807) is 0 Å². The minimum Gasteiger partial charge on any atom is -0.456 e. The summed E-state index contributed by atoms with van der Waals surface area (Å²) in [5, 5.41) is 11.0. The van der Waals surface area contributed by atoms with Gasteiger partial charge >= 0.3 is 0 Å². The third kappa shape index (κ3) is 5.44. The first-order valence-electron chi connectivity index (χ1n) is 22.8. The van der Waals surface area contributed by atoms with Gasteiger partial charge in [-0.3, -0.25) is 0 Å². The van der Waals surface area contributed by atoms with Gasteiger partial charge in [0.25, 0.3) is 0 Å². The average molecular weight is 870 g/mol. The molecule has 0 bridgehead atoms. The van der Waals surface area contributed by atoms with Crippen molar-refractivity contribution < 1.29 is 8.83 Å². The molecule has 68 heavy (non-hydrogen) atoms. The third-order valence-electron chi connectivity index (χ3n) is 13.7. The fourth-order valence-electron chi connectivity index (χ4n) is 10.6. The molecule has 0 saturated carbocycles. The van der Waals surface area contributed by atoms with E-state index in [2.05, 4.69) is 185 Å². The van der Waals surface area contributed by atoms with E-state index in [9.17, 15) is 0 Å². The minimum atomic E-state index is 0.541. The summed E-state index contributed by atoms with van der Waals surface area (Å²) < 4.78 is 17.7. The molecular weight excluding hydrogens is 835 g/mol. The van der Waals surface area contributed by atoms with E-state index < -0.39 is 0 Å². The Balaban J connectivity index is 1.05. The Hall–Kier alpha value is -9.33. The summed E-state index contributed by atoms with van der Waals surface area (Å²) in [5.74, 6) is 1.65. The molecule has 10 aromatic carbocycles. The number of fused-ring (bicyclic) bond motifs is 13. The van der Waals surface area contributed by atoms with Crippen LogP contribution >= 0.6 is 0 Å². The van der Waals surface area contributed by atoms with Crippen LogP contribution < -0.4 is 0 Å². The lowest BCUT2D eigenvalue weighted by Gasteiger charge is -2.15. The molecule has 316 valence electrons. The second-order valence-corrected chi connectivity index (χ2v) is 17.6. The van der Waals surface area contributed by atoms with Gasteiger partial charge in [-0.05, 0) is 89.6 Å². The first-order valence-corrected chi connectivity index (χ1v) is 22.8. The summed E-state index contributed by atoms with van der Waals surface area (Å²) in [6.07, 6.45) is 0. The fraction of sp³-hybridized carbons (Fsp3) is 0. The zero-order valence-electron chi connectivity index (χ0n) is 36.3. The van der Waals surface area contributed by atoms with Crippen molar-refractivity contribution in [2.75, 3.05) is 0 Å². The van der Waals surface area contributed by atoms with Gasteiger partial charge in [0.15, 0.2) is 17.5 Å². The highest BCUT2D eigenvalue weighted by atomic mass is 16.3. The van der Waals surface area contributed by atoms with Gasteiger partial charge in [-0.2, -0.15) is 0 Å². The molecule has 0 atom stereocenters. The molecule has 0 aliphatic rings. The third-order valence-corrected chi connectivity index (χ3v) is 13.7.